The first kappa shape index (κ1) is 25.9. The Morgan fingerprint density at radius 2 is 0.619 bits per heavy atom. The highest BCUT2D eigenvalue weighted by Gasteiger charge is 1.96. The third-order valence-corrected chi connectivity index (χ3v) is 3.60. The molecule has 0 atom stereocenters. The van der Waals surface area contributed by atoms with Crippen LogP contribution in [0.3, 0.4) is 0 Å². The highest BCUT2D eigenvalue weighted by atomic mass is 14.0. The van der Waals surface area contributed by atoms with Crippen molar-refractivity contribution in [2.24, 2.45) is 35.5 Å². The molecule has 0 aliphatic rings. The van der Waals surface area contributed by atoms with Gasteiger partial charge in [0.1, 0.15) is 0 Å². The third kappa shape index (κ3) is 38.3. The van der Waals surface area contributed by atoms with Crippen LogP contribution in [-0.4, -0.2) is 0 Å². The van der Waals surface area contributed by atoms with Crippen LogP contribution >= 0.6 is 0 Å². The summed E-state index contributed by atoms with van der Waals surface area (Å²) in [5.41, 5.74) is 0. The quantitative estimate of drug-likeness (QED) is 0.465. The molecule has 0 aromatic carbocycles. The summed E-state index contributed by atoms with van der Waals surface area (Å²) in [6, 6.07) is 0. The summed E-state index contributed by atoms with van der Waals surface area (Å²) in [5.74, 6) is 5.23. The smallest absolute Gasteiger partial charge is 0.0448 e. The van der Waals surface area contributed by atoms with Gasteiger partial charge in [0, 0.05) is 0 Å². The third-order valence-electron chi connectivity index (χ3n) is 3.60. The molecule has 21 heavy (non-hydrogen) atoms. The van der Waals surface area contributed by atoms with Gasteiger partial charge in [-0.2, -0.15) is 0 Å². The number of hydrogen-bond donors (Lipinski definition) is 0. The second-order valence-electron chi connectivity index (χ2n) is 8.88. The van der Waals surface area contributed by atoms with Crippen molar-refractivity contribution in [1.82, 2.24) is 0 Å². The molecule has 0 heteroatoms. The van der Waals surface area contributed by atoms with Crippen molar-refractivity contribution in [3.63, 3.8) is 0 Å². The van der Waals surface area contributed by atoms with Gasteiger partial charge in [0.05, 0.1) is 0 Å². The van der Waals surface area contributed by atoms with E-state index in [0.717, 1.165) is 35.5 Å². The summed E-state index contributed by atoms with van der Waals surface area (Å²) in [7, 11) is 0. The van der Waals surface area contributed by atoms with Gasteiger partial charge < -0.3 is 0 Å². The summed E-state index contributed by atoms with van der Waals surface area (Å²) in [4.78, 5) is 0. The molecule has 0 saturated heterocycles. The van der Waals surface area contributed by atoms with E-state index in [-0.39, 0.29) is 0 Å². The second-order valence-corrected chi connectivity index (χ2v) is 8.88. The first-order chi connectivity index (χ1) is 9.39. The van der Waals surface area contributed by atoms with Crippen LogP contribution in [0.4, 0.5) is 0 Å². The van der Waals surface area contributed by atoms with Gasteiger partial charge in [-0.25, -0.2) is 0 Å². The van der Waals surface area contributed by atoms with E-state index in [4.69, 9.17) is 0 Å². The fourth-order valence-corrected chi connectivity index (χ4v) is 1.61. The van der Waals surface area contributed by atoms with Gasteiger partial charge in [0.15, 0.2) is 0 Å². The molecule has 0 amide bonds. The number of rotatable bonds is 6. The van der Waals surface area contributed by atoms with Crippen molar-refractivity contribution in [2.75, 3.05) is 0 Å². The number of hydrogen-bond acceptors (Lipinski definition) is 0. The predicted molar refractivity (Wildman–Crippen MR) is 103 cm³/mol. The summed E-state index contributed by atoms with van der Waals surface area (Å²) in [6.45, 7) is 27.1. The molecule has 0 aromatic heterocycles. The fourth-order valence-electron chi connectivity index (χ4n) is 1.61. The van der Waals surface area contributed by atoms with E-state index in [0.29, 0.717) is 0 Å². The summed E-state index contributed by atoms with van der Waals surface area (Å²) in [6.07, 6.45) is 4.13. The monoisotopic (exact) mass is 300 g/mol. The molecule has 0 unspecified atom stereocenters. The van der Waals surface area contributed by atoms with E-state index in [1.54, 1.807) is 0 Å². The molecular weight excluding hydrogens is 252 g/mol. The Kier molecular flexibility index (Phi) is 20.2. The molecule has 0 aliphatic carbocycles. The van der Waals surface area contributed by atoms with Crippen LogP contribution in [-0.2, 0) is 0 Å². The molecule has 0 rings (SSSR count). The van der Waals surface area contributed by atoms with E-state index < -0.39 is 0 Å². The van der Waals surface area contributed by atoms with E-state index in [1.165, 1.54) is 19.3 Å². The zero-order chi connectivity index (χ0) is 17.6. The Balaban J connectivity index is -0.000000234. The zero-order valence-electron chi connectivity index (χ0n) is 17.6. The average Bonchev–Trinajstić information content (AvgIpc) is 2.25. The average molecular weight is 301 g/mol. The molecule has 0 aliphatic heterocycles. The lowest BCUT2D eigenvalue weighted by Crippen LogP contribution is -1.95. The van der Waals surface area contributed by atoms with Gasteiger partial charge >= 0.3 is 0 Å². The lowest BCUT2D eigenvalue weighted by atomic mass is 10.0. The molecule has 0 heterocycles. The highest BCUT2D eigenvalue weighted by Crippen LogP contribution is 2.10. The van der Waals surface area contributed by atoms with Crippen LogP contribution in [0.2, 0.25) is 0 Å². The van der Waals surface area contributed by atoms with Crippen molar-refractivity contribution in [3.8, 4) is 0 Å². The highest BCUT2D eigenvalue weighted by molar-refractivity contribution is 4.49. The molecule has 132 valence electrons. The molecule has 0 spiro atoms. The predicted octanol–water partition coefficient (Wildman–Crippen LogP) is 8.07. The Labute approximate surface area is 138 Å². The van der Waals surface area contributed by atoms with Crippen LogP contribution in [0, 0.1) is 35.5 Å². The minimum Gasteiger partial charge on any atom is -0.0628 e. The Morgan fingerprint density at radius 1 is 0.381 bits per heavy atom. The van der Waals surface area contributed by atoms with Crippen molar-refractivity contribution in [3.05, 3.63) is 0 Å². The van der Waals surface area contributed by atoms with E-state index in [1.807, 2.05) is 0 Å². The van der Waals surface area contributed by atoms with Gasteiger partial charge in [0.2, 0.25) is 0 Å². The summed E-state index contributed by atoms with van der Waals surface area (Å²) < 4.78 is 0. The van der Waals surface area contributed by atoms with Crippen LogP contribution in [0.1, 0.15) is 102 Å². The first-order valence-corrected chi connectivity index (χ1v) is 9.39. The topological polar surface area (TPSA) is 0 Å². The molecule has 0 saturated carbocycles. The van der Waals surface area contributed by atoms with Crippen LogP contribution in [0.5, 0.6) is 0 Å². The lowest BCUT2D eigenvalue weighted by molar-refractivity contribution is 0.457. The Hall–Kier alpha value is 0. The molecule has 0 N–H and O–H groups in total. The molecule has 0 bridgehead atoms. The normalized spacial score (nSPS) is 11.1. The van der Waals surface area contributed by atoms with Crippen LogP contribution < -0.4 is 0 Å². The van der Waals surface area contributed by atoms with Gasteiger partial charge in [-0.1, -0.05) is 95.9 Å². The van der Waals surface area contributed by atoms with Crippen molar-refractivity contribution in [2.45, 2.75) is 102 Å². The SMILES string of the molecule is CC(C)C(C)C.CC(C)CC(C)C.CC(C)CCC(C)C. The van der Waals surface area contributed by atoms with Crippen molar-refractivity contribution >= 4 is 0 Å². The summed E-state index contributed by atoms with van der Waals surface area (Å²) in [5, 5.41) is 0. The minimum absolute atomic E-state index is 0.852. The van der Waals surface area contributed by atoms with E-state index in [2.05, 4.69) is 83.1 Å². The van der Waals surface area contributed by atoms with Gasteiger partial charge in [-0.3, -0.25) is 0 Å². The van der Waals surface area contributed by atoms with Crippen LogP contribution in [0.25, 0.3) is 0 Å². The molecular formula is C21H48. The maximum atomic E-state index is 2.28. The van der Waals surface area contributed by atoms with Crippen LogP contribution in [0.15, 0.2) is 0 Å². The van der Waals surface area contributed by atoms with E-state index >= 15 is 0 Å². The van der Waals surface area contributed by atoms with E-state index in [9.17, 15) is 0 Å². The maximum absolute atomic E-state index is 2.28. The standard InChI is InChI=1S/C8H18.C7H16.C6H14/c1-7(2)5-6-8(3)4;1-6(2)5-7(3)4;1-5(2)6(3)4/h7-8H,5-6H2,1-4H3;6-7H,5H2,1-4H3;5-6H,1-4H3. The minimum atomic E-state index is 0.852. The molecule has 0 aromatic rings. The Bertz CT molecular complexity index is 152. The zero-order valence-corrected chi connectivity index (χ0v) is 17.6. The molecule has 0 nitrogen and oxygen atoms in total. The first-order valence-electron chi connectivity index (χ1n) is 9.39. The maximum Gasteiger partial charge on any atom is -0.0448 e. The van der Waals surface area contributed by atoms with Gasteiger partial charge in [0.25, 0.3) is 0 Å². The second kappa shape index (κ2) is 16.4. The largest absolute Gasteiger partial charge is 0.0628 e. The van der Waals surface area contributed by atoms with Gasteiger partial charge in [-0.15, -0.1) is 0 Å². The Morgan fingerprint density at radius 3 is 0.667 bits per heavy atom. The van der Waals surface area contributed by atoms with Crippen molar-refractivity contribution in [1.29, 1.82) is 0 Å². The van der Waals surface area contributed by atoms with Gasteiger partial charge in [-0.05, 0) is 41.9 Å². The summed E-state index contributed by atoms with van der Waals surface area (Å²) >= 11 is 0. The molecule has 0 fully saturated rings. The molecule has 0 radical (unpaired) electrons. The fraction of sp³-hybridized carbons (Fsp3) is 1.00. The lowest BCUT2D eigenvalue weighted by Gasteiger charge is -2.05. The van der Waals surface area contributed by atoms with Crippen molar-refractivity contribution < 1.29 is 0 Å².